The van der Waals surface area contributed by atoms with Crippen LogP contribution >= 0.6 is 0 Å². The van der Waals surface area contributed by atoms with E-state index in [0.717, 1.165) is 13.0 Å². The Kier molecular flexibility index (Phi) is 6.35. The fraction of sp³-hybridized carbons (Fsp3) is 1.00. The van der Waals surface area contributed by atoms with E-state index in [-0.39, 0.29) is 5.60 Å². The van der Waals surface area contributed by atoms with Gasteiger partial charge in [-0.15, -0.1) is 0 Å². The molecule has 0 amide bonds. The van der Waals surface area contributed by atoms with Crippen molar-refractivity contribution in [2.75, 3.05) is 19.8 Å². The van der Waals surface area contributed by atoms with Gasteiger partial charge in [0.05, 0.1) is 18.8 Å². The van der Waals surface area contributed by atoms with Crippen LogP contribution in [0.15, 0.2) is 0 Å². The van der Waals surface area contributed by atoms with Crippen molar-refractivity contribution in [1.82, 2.24) is 0 Å². The van der Waals surface area contributed by atoms with Crippen molar-refractivity contribution in [3.05, 3.63) is 0 Å². The largest absolute Gasteiger partial charge is 0.379 e. The third-order valence-electron chi connectivity index (χ3n) is 2.44. The topological polar surface area (TPSA) is 18.5 Å². The summed E-state index contributed by atoms with van der Waals surface area (Å²) >= 11 is 0. The summed E-state index contributed by atoms with van der Waals surface area (Å²) in [5.41, 5.74) is -0.0322. The SMILES string of the molecule is CCCOCCOC(C)(C)C(C)C. The first kappa shape index (κ1) is 12.9. The van der Waals surface area contributed by atoms with Gasteiger partial charge in [-0.25, -0.2) is 0 Å². The molecular weight excluding hydrogens is 164 g/mol. The molecule has 0 bridgehead atoms. The van der Waals surface area contributed by atoms with Crippen molar-refractivity contribution < 1.29 is 9.47 Å². The third kappa shape index (κ3) is 6.05. The Balaban J connectivity index is 3.41. The van der Waals surface area contributed by atoms with E-state index in [4.69, 9.17) is 9.47 Å². The van der Waals surface area contributed by atoms with Gasteiger partial charge in [-0.2, -0.15) is 0 Å². The molecule has 0 atom stereocenters. The lowest BCUT2D eigenvalue weighted by Crippen LogP contribution is -2.32. The first-order valence-electron chi connectivity index (χ1n) is 5.22. The molecule has 2 heteroatoms. The molecule has 0 rings (SSSR count). The fourth-order valence-electron chi connectivity index (χ4n) is 0.777. The molecule has 0 aliphatic heterocycles. The summed E-state index contributed by atoms with van der Waals surface area (Å²) in [5, 5.41) is 0. The van der Waals surface area contributed by atoms with Crippen molar-refractivity contribution >= 4 is 0 Å². The van der Waals surface area contributed by atoms with Crippen LogP contribution in [0.1, 0.15) is 41.0 Å². The van der Waals surface area contributed by atoms with Gasteiger partial charge in [0.25, 0.3) is 0 Å². The number of hydrogen-bond donors (Lipinski definition) is 0. The number of hydrogen-bond acceptors (Lipinski definition) is 2. The second-order valence-corrected chi connectivity index (χ2v) is 4.22. The van der Waals surface area contributed by atoms with E-state index in [1.807, 2.05) is 0 Å². The van der Waals surface area contributed by atoms with Crippen LogP contribution in [-0.4, -0.2) is 25.4 Å². The van der Waals surface area contributed by atoms with Gasteiger partial charge in [0, 0.05) is 6.61 Å². The molecule has 0 radical (unpaired) electrons. The second kappa shape index (κ2) is 6.39. The zero-order valence-corrected chi connectivity index (χ0v) is 9.72. The van der Waals surface area contributed by atoms with Gasteiger partial charge in [-0.05, 0) is 26.2 Å². The molecule has 0 heterocycles. The van der Waals surface area contributed by atoms with Crippen LogP contribution in [0, 0.1) is 5.92 Å². The molecule has 2 nitrogen and oxygen atoms in total. The summed E-state index contributed by atoms with van der Waals surface area (Å²) in [7, 11) is 0. The van der Waals surface area contributed by atoms with Crippen LogP contribution in [0.3, 0.4) is 0 Å². The van der Waals surface area contributed by atoms with E-state index >= 15 is 0 Å². The molecule has 0 N–H and O–H groups in total. The first-order chi connectivity index (χ1) is 6.00. The minimum Gasteiger partial charge on any atom is -0.379 e. The van der Waals surface area contributed by atoms with E-state index in [1.165, 1.54) is 0 Å². The maximum atomic E-state index is 5.71. The Hall–Kier alpha value is -0.0800. The van der Waals surface area contributed by atoms with E-state index in [2.05, 4.69) is 34.6 Å². The van der Waals surface area contributed by atoms with Crippen LogP contribution < -0.4 is 0 Å². The van der Waals surface area contributed by atoms with Gasteiger partial charge in [0.2, 0.25) is 0 Å². The molecule has 0 spiro atoms. The van der Waals surface area contributed by atoms with E-state index in [0.29, 0.717) is 19.1 Å². The highest BCUT2D eigenvalue weighted by Gasteiger charge is 2.22. The minimum atomic E-state index is -0.0322. The Bertz CT molecular complexity index is 119. The molecule has 0 fully saturated rings. The van der Waals surface area contributed by atoms with Crippen LogP contribution in [-0.2, 0) is 9.47 Å². The molecule has 80 valence electrons. The van der Waals surface area contributed by atoms with E-state index < -0.39 is 0 Å². The molecule has 0 unspecified atom stereocenters. The molecule has 0 aromatic heterocycles. The first-order valence-corrected chi connectivity index (χ1v) is 5.22. The Morgan fingerprint density at radius 3 is 2.15 bits per heavy atom. The van der Waals surface area contributed by atoms with Gasteiger partial charge in [-0.3, -0.25) is 0 Å². The number of ether oxygens (including phenoxy) is 2. The summed E-state index contributed by atoms with van der Waals surface area (Å²) < 4.78 is 11.0. The lowest BCUT2D eigenvalue weighted by Gasteiger charge is -2.29. The van der Waals surface area contributed by atoms with Gasteiger partial charge in [0.15, 0.2) is 0 Å². The van der Waals surface area contributed by atoms with Crippen LogP contribution in [0.25, 0.3) is 0 Å². The normalized spacial score (nSPS) is 12.5. The second-order valence-electron chi connectivity index (χ2n) is 4.22. The molecule has 0 aliphatic rings. The van der Waals surface area contributed by atoms with Crippen molar-refractivity contribution in [3.8, 4) is 0 Å². The zero-order chi connectivity index (χ0) is 10.3. The standard InChI is InChI=1S/C11H24O2/c1-6-7-12-8-9-13-11(4,5)10(2)3/h10H,6-9H2,1-5H3. The predicted molar refractivity (Wildman–Crippen MR) is 56.0 cm³/mol. The zero-order valence-electron chi connectivity index (χ0n) is 9.72. The third-order valence-corrected chi connectivity index (χ3v) is 2.44. The summed E-state index contributed by atoms with van der Waals surface area (Å²) in [5.74, 6) is 0.540. The quantitative estimate of drug-likeness (QED) is 0.572. The van der Waals surface area contributed by atoms with Crippen LogP contribution in [0.2, 0.25) is 0 Å². The lowest BCUT2D eigenvalue weighted by molar-refractivity contribution is -0.0712. The van der Waals surface area contributed by atoms with Crippen molar-refractivity contribution in [2.45, 2.75) is 46.6 Å². The van der Waals surface area contributed by atoms with Crippen LogP contribution in [0.4, 0.5) is 0 Å². The van der Waals surface area contributed by atoms with E-state index in [1.54, 1.807) is 0 Å². The summed E-state index contributed by atoms with van der Waals surface area (Å²) in [6.45, 7) is 13.0. The molecule has 0 aromatic carbocycles. The maximum Gasteiger partial charge on any atom is 0.0707 e. The highest BCUT2D eigenvalue weighted by Crippen LogP contribution is 2.19. The smallest absolute Gasteiger partial charge is 0.0707 e. The fourth-order valence-corrected chi connectivity index (χ4v) is 0.777. The summed E-state index contributed by atoms with van der Waals surface area (Å²) in [6, 6.07) is 0. The van der Waals surface area contributed by atoms with Crippen molar-refractivity contribution in [1.29, 1.82) is 0 Å². The highest BCUT2D eigenvalue weighted by atomic mass is 16.5. The van der Waals surface area contributed by atoms with Gasteiger partial charge in [-0.1, -0.05) is 20.8 Å². The molecule has 13 heavy (non-hydrogen) atoms. The Labute approximate surface area is 82.6 Å². The lowest BCUT2D eigenvalue weighted by atomic mass is 9.95. The van der Waals surface area contributed by atoms with E-state index in [9.17, 15) is 0 Å². The average molecular weight is 188 g/mol. The highest BCUT2D eigenvalue weighted by molar-refractivity contribution is 4.72. The molecule has 0 aliphatic carbocycles. The molecular formula is C11H24O2. The Morgan fingerprint density at radius 2 is 1.69 bits per heavy atom. The van der Waals surface area contributed by atoms with Crippen molar-refractivity contribution in [2.24, 2.45) is 5.92 Å². The predicted octanol–water partition coefficient (Wildman–Crippen LogP) is 2.86. The maximum absolute atomic E-state index is 5.71. The van der Waals surface area contributed by atoms with Crippen LogP contribution in [0.5, 0.6) is 0 Å². The molecule has 0 saturated heterocycles. The summed E-state index contributed by atoms with van der Waals surface area (Å²) in [4.78, 5) is 0. The minimum absolute atomic E-state index is 0.0322. The number of rotatable bonds is 7. The average Bonchev–Trinajstić information content (AvgIpc) is 2.03. The monoisotopic (exact) mass is 188 g/mol. The van der Waals surface area contributed by atoms with Gasteiger partial charge >= 0.3 is 0 Å². The molecule has 0 saturated carbocycles. The molecule has 0 aromatic rings. The van der Waals surface area contributed by atoms with Crippen molar-refractivity contribution in [3.63, 3.8) is 0 Å². The summed E-state index contributed by atoms with van der Waals surface area (Å²) in [6.07, 6.45) is 1.08. The van der Waals surface area contributed by atoms with Gasteiger partial charge in [0.1, 0.15) is 0 Å². The van der Waals surface area contributed by atoms with Gasteiger partial charge < -0.3 is 9.47 Å². The Morgan fingerprint density at radius 1 is 1.08 bits per heavy atom.